The first kappa shape index (κ1) is 18.3. The summed E-state index contributed by atoms with van der Waals surface area (Å²) in [6.45, 7) is 3.94. The Balaban J connectivity index is 2.56. The Hall–Kier alpha value is -3.01. The van der Waals surface area contributed by atoms with Crippen molar-refractivity contribution in [3.63, 3.8) is 0 Å². The molecule has 0 aliphatic carbocycles. The quantitative estimate of drug-likeness (QED) is 0.613. The monoisotopic (exact) mass is 337 g/mol. The number of carbonyl (C=O) groups excluding carboxylic acids is 1. The normalized spacial score (nSPS) is 10.7. The number of primary amides is 1. The minimum absolute atomic E-state index is 0.102. The summed E-state index contributed by atoms with van der Waals surface area (Å²) in [5.41, 5.74) is 8.77. The summed E-state index contributed by atoms with van der Waals surface area (Å²) in [5.74, 6) is -0.281. The average molecular weight is 337 g/mol. The zero-order chi connectivity index (χ0) is 18.4. The average Bonchev–Trinajstić information content (AvgIpc) is 2.58. The van der Waals surface area contributed by atoms with E-state index >= 15 is 0 Å². The fourth-order valence-corrected chi connectivity index (χ4v) is 2.53. The Morgan fingerprint density at radius 2 is 1.88 bits per heavy atom. The molecule has 3 N–H and O–H groups in total. The van der Waals surface area contributed by atoms with Crippen LogP contribution in [0.2, 0.25) is 0 Å². The van der Waals surface area contributed by atoms with E-state index in [4.69, 9.17) is 10.5 Å². The van der Waals surface area contributed by atoms with Gasteiger partial charge in [0.05, 0.1) is 12.7 Å². The van der Waals surface area contributed by atoms with Crippen molar-refractivity contribution in [3.8, 4) is 11.5 Å². The molecule has 0 atom stereocenters. The maximum absolute atomic E-state index is 11.9. The smallest absolute Gasteiger partial charge is 0.253 e. The minimum atomic E-state index is -0.675. The SMILES string of the molecule is COc1cc(C=Cc2ccccc2)c(C(N)=O)c(O)c1CC=C(C)C. The summed E-state index contributed by atoms with van der Waals surface area (Å²) in [4.78, 5) is 11.9. The van der Waals surface area contributed by atoms with E-state index in [1.54, 1.807) is 12.1 Å². The van der Waals surface area contributed by atoms with E-state index in [0.29, 0.717) is 23.3 Å². The summed E-state index contributed by atoms with van der Waals surface area (Å²) < 4.78 is 5.41. The van der Waals surface area contributed by atoms with Gasteiger partial charge in [-0.05, 0) is 37.5 Å². The van der Waals surface area contributed by atoms with Gasteiger partial charge in [-0.25, -0.2) is 0 Å². The summed E-state index contributed by atoms with van der Waals surface area (Å²) in [7, 11) is 1.54. The zero-order valence-electron chi connectivity index (χ0n) is 14.7. The molecule has 0 heterocycles. The summed E-state index contributed by atoms with van der Waals surface area (Å²) >= 11 is 0. The molecule has 0 saturated heterocycles. The molecule has 4 nitrogen and oxygen atoms in total. The second-order valence-corrected chi connectivity index (χ2v) is 5.96. The van der Waals surface area contributed by atoms with Crippen molar-refractivity contribution in [1.82, 2.24) is 0 Å². The van der Waals surface area contributed by atoms with Gasteiger partial charge in [-0.2, -0.15) is 0 Å². The van der Waals surface area contributed by atoms with Gasteiger partial charge in [-0.15, -0.1) is 0 Å². The Morgan fingerprint density at radius 1 is 1.20 bits per heavy atom. The third-order valence-electron chi connectivity index (χ3n) is 3.83. The molecular formula is C21H23NO3. The highest BCUT2D eigenvalue weighted by molar-refractivity contribution is 6.01. The molecule has 4 heteroatoms. The van der Waals surface area contributed by atoms with Gasteiger partial charge < -0.3 is 15.6 Å². The number of amides is 1. The highest BCUT2D eigenvalue weighted by Gasteiger charge is 2.20. The third kappa shape index (κ3) is 4.51. The number of benzene rings is 2. The number of aromatic hydroxyl groups is 1. The second kappa shape index (κ2) is 8.20. The molecule has 0 radical (unpaired) electrons. The lowest BCUT2D eigenvalue weighted by Gasteiger charge is -2.15. The maximum Gasteiger partial charge on any atom is 0.253 e. The largest absolute Gasteiger partial charge is 0.507 e. The van der Waals surface area contributed by atoms with E-state index in [9.17, 15) is 9.90 Å². The fourth-order valence-electron chi connectivity index (χ4n) is 2.53. The van der Waals surface area contributed by atoms with Crippen molar-refractivity contribution in [2.75, 3.05) is 7.11 Å². The van der Waals surface area contributed by atoms with Gasteiger partial charge >= 0.3 is 0 Å². The lowest BCUT2D eigenvalue weighted by atomic mass is 9.97. The molecule has 2 aromatic carbocycles. The van der Waals surface area contributed by atoms with E-state index in [2.05, 4.69) is 0 Å². The summed E-state index contributed by atoms with van der Waals surface area (Å²) in [5, 5.41) is 10.6. The Kier molecular flexibility index (Phi) is 6.01. The fraction of sp³-hybridized carbons (Fsp3) is 0.190. The van der Waals surface area contributed by atoms with Crippen LogP contribution in [0.1, 0.15) is 40.9 Å². The van der Waals surface area contributed by atoms with E-state index in [1.165, 1.54) is 7.11 Å². The lowest BCUT2D eigenvalue weighted by Crippen LogP contribution is -2.14. The van der Waals surface area contributed by atoms with Crippen molar-refractivity contribution >= 4 is 18.1 Å². The molecule has 0 unspecified atom stereocenters. The van der Waals surface area contributed by atoms with Crippen LogP contribution < -0.4 is 10.5 Å². The van der Waals surface area contributed by atoms with Crippen molar-refractivity contribution in [1.29, 1.82) is 0 Å². The number of rotatable bonds is 6. The predicted molar refractivity (Wildman–Crippen MR) is 102 cm³/mol. The van der Waals surface area contributed by atoms with Crippen molar-refractivity contribution < 1.29 is 14.6 Å². The van der Waals surface area contributed by atoms with Gasteiger partial charge in [0.1, 0.15) is 11.5 Å². The van der Waals surface area contributed by atoms with Crippen LogP contribution in [0.5, 0.6) is 11.5 Å². The van der Waals surface area contributed by atoms with E-state index in [-0.39, 0.29) is 11.3 Å². The van der Waals surface area contributed by atoms with Crippen LogP contribution in [-0.4, -0.2) is 18.1 Å². The Labute approximate surface area is 148 Å². The molecule has 2 rings (SSSR count). The number of carbonyl (C=O) groups is 1. The molecule has 0 aliphatic heterocycles. The second-order valence-electron chi connectivity index (χ2n) is 5.96. The first-order chi connectivity index (χ1) is 11.9. The Morgan fingerprint density at radius 3 is 2.44 bits per heavy atom. The van der Waals surface area contributed by atoms with Gasteiger partial charge in [0.15, 0.2) is 0 Å². The van der Waals surface area contributed by atoms with Crippen molar-refractivity contribution in [2.45, 2.75) is 20.3 Å². The molecular weight excluding hydrogens is 314 g/mol. The maximum atomic E-state index is 11.9. The van der Waals surface area contributed by atoms with Crippen LogP contribution in [0.4, 0.5) is 0 Å². The standard InChI is InChI=1S/C21H23NO3/c1-14(2)9-12-17-18(25-3)13-16(19(20(17)23)21(22)24)11-10-15-7-5-4-6-8-15/h4-11,13,23H,12H2,1-3H3,(H2,22,24). The highest BCUT2D eigenvalue weighted by atomic mass is 16.5. The molecule has 0 saturated carbocycles. The molecule has 0 fully saturated rings. The van der Waals surface area contributed by atoms with Crippen molar-refractivity contribution in [2.24, 2.45) is 5.73 Å². The molecule has 2 aromatic rings. The minimum Gasteiger partial charge on any atom is -0.507 e. The van der Waals surface area contributed by atoms with Gasteiger partial charge in [-0.1, -0.05) is 54.1 Å². The zero-order valence-corrected chi connectivity index (χ0v) is 14.7. The van der Waals surface area contributed by atoms with E-state index in [1.807, 2.05) is 56.3 Å². The van der Waals surface area contributed by atoms with Gasteiger partial charge in [-0.3, -0.25) is 4.79 Å². The van der Waals surface area contributed by atoms with Gasteiger partial charge in [0, 0.05) is 5.56 Å². The molecule has 0 bridgehead atoms. The number of hydrogen-bond donors (Lipinski definition) is 2. The number of methoxy groups -OCH3 is 1. The van der Waals surface area contributed by atoms with E-state index < -0.39 is 5.91 Å². The van der Waals surface area contributed by atoms with E-state index in [0.717, 1.165) is 11.1 Å². The number of hydrogen-bond acceptors (Lipinski definition) is 3. The van der Waals surface area contributed by atoms with Crippen LogP contribution in [0, 0.1) is 0 Å². The molecule has 25 heavy (non-hydrogen) atoms. The lowest BCUT2D eigenvalue weighted by molar-refractivity contribution is 0.0997. The van der Waals surface area contributed by atoms with Crippen LogP contribution in [-0.2, 0) is 6.42 Å². The van der Waals surface area contributed by atoms with Crippen molar-refractivity contribution in [3.05, 3.63) is 70.3 Å². The summed E-state index contributed by atoms with van der Waals surface area (Å²) in [6.07, 6.45) is 6.03. The third-order valence-corrected chi connectivity index (χ3v) is 3.83. The molecule has 0 aromatic heterocycles. The molecule has 0 aliphatic rings. The molecule has 1 amide bonds. The van der Waals surface area contributed by atoms with Gasteiger partial charge in [0.2, 0.25) is 0 Å². The number of ether oxygens (including phenoxy) is 1. The molecule has 0 spiro atoms. The summed E-state index contributed by atoms with van der Waals surface area (Å²) in [6, 6.07) is 11.4. The number of allylic oxidation sites excluding steroid dienone is 2. The van der Waals surface area contributed by atoms with Crippen LogP contribution in [0.15, 0.2) is 48.0 Å². The first-order valence-electron chi connectivity index (χ1n) is 8.03. The molecule has 130 valence electrons. The highest BCUT2D eigenvalue weighted by Crippen LogP contribution is 2.36. The van der Waals surface area contributed by atoms with Crippen LogP contribution >= 0.6 is 0 Å². The van der Waals surface area contributed by atoms with Gasteiger partial charge in [0.25, 0.3) is 5.91 Å². The topological polar surface area (TPSA) is 72.5 Å². The Bertz CT molecular complexity index is 817. The number of nitrogens with two attached hydrogens (primary N) is 1. The predicted octanol–water partition coefficient (Wildman–Crippen LogP) is 4.18. The first-order valence-corrected chi connectivity index (χ1v) is 8.03. The van der Waals surface area contributed by atoms with Crippen LogP contribution in [0.3, 0.4) is 0 Å². The number of phenols is 1. The van der Waals surface area contributed by atoms with Crippen LogP contribution in [0.25, 0.3) is 12.2 Å².